The third-order valence-electron chi connectivity index (χ3n) is 3.46. The first kappa shape index (κ1) is 15.1. The van der Waals surface area contributed by atoms with Crippen LogP contribution in [0.25, 0.3) is 11.3 Å². The Balaban J connectivity index is 2.40. The number of H-pyrrole nitrogens is 1. The second-order valence-electron chi connectivity index (χ2n) is 5.11. The first-order valence-corrected chi connectivity index (χ1v) is 7.45. The fraction of sp³-hybridized carbons (Fsp3) is 0.400. The Morgan fingerprint density at radius 1 is 1.40 bits per heavy atom. The van der Waals surface area contributed by atoms with E-state index < -0.39 is 0 Å². The predicted molar refractivity (Wildman–Crippen MR) is 84.9 cm³/mol. The van der Waals surface area contributed by atoms with Crippen LogP contribution in [-0.4, -0.2) is 23.6 Å². The minimum atomic E-state index is 0.238. The number of aromatic amines is 1. The van der Waals surface area contributed by atoms with E-state index in [1.54, 1.807) is 7.11 Å². The zero-order chi connectivity index (χ0) is 14.7. The van der Waals surface area contributed by atoms with Crippen molar-refractivity contribution in [3.63, 3.8) is 0 Å². The van der Waals surface area contributed by atoms with Crippen molar-refractivity contribution in [3.05, 3.63) is 34.7 Å². The van der Waals surface area contributed by atoms with Gasteiger partial charge in [0.2, 0.25) is 0 Å². The van der Waals surface area contributed by atoms with Gasteiger partial charge in [-0.05, 0) is 24.1 Å². The van der Waals surface area contributed by atoms with E-state index in [0.29, 0.717) is 12.5 Å². The average Bonchev–Trinajstić information content (AvgIpc) is 2.88. The minimum Gasteiger partial charge on any atom is -0.496 e. The van der Waals surface area contributed by atoms with Crippen molar-refractivity contribution in [1.82, 2.24) is 9.97 Å². The predicted octanol–water partition coefficient (Wildman–Crippen LogP) is 3.55. The molecule has 1 heterocycles. The minimum absolute atomic E-state index is 0.238. The summed E-state index contributed by atoms with van der Waals surface area (Å²) in [5.41, 5.74) is 7.77. The van der Waals surface area contributed by atoms with Crippen molar-refractivity contribution >= 4 is 15.9 Å². The molecule has 5 heteroatoms. The lowest BCUT2D eigenvalue weighted by molar-refractivity contribution is 0.416. The van der Waals surface area contributed by atoms with Gasteiger partial charge in [-0.1, -0.05) is 29.8 Å². The standard InChI is InChI=1S/C15H20BrN3O/c1-9(2)12(7-17)15-18-8-13(19-15)11-6-10(16)4-5-14(11)20-3/h4-6,8-9,12H,7,17H2,1-3H3,(H,18,19). The summed E-state index contributed by atoms with van der Waals surface area (Å²) < 4.78 is 6.41. The number of nitrogens with one attached hydrogen (secondary N) is 1. The van der Waals surface area contributed by atoms with Crippen LogP contribution in [0.4, 0.5) is 0 Å². The topological polar surface area (TPSA) is 63.9 Å². The molecular formula is C15H20BrN3O. The van der Waals surface area contributed by atoms with Crippen LogP contribution in [0.3, 0.4) is 0 Å². The van der Waals surface area contributed by atoms with E-state index in [-0.39, 0.29) is 5.92 Å². The van der Waals surface area contributed by atoms with Gasteiger partial charge in [0.1, 0.15) is 11.6 Å². The molecule has 108 valence electrons. The summed E-state index contributed by atoms with van der Waals surface area (Å²) in [5, 5.41) is 0. The molecule has 20 heavy (non-hydrogen) atoms. The Morgan fingerprint density at radius 3 is 2.75 bits per heavy atom. The van der Waals surface area contributed by atoms with Crippen LogP contribution < -0.4 is 10.5 Å². The summed E-state index contributed by atoms with van der Waals surface area (Å²) in [6, 6.07) is 5.90. The van der Waals surface area contributed by atoms with Crippen LogP contribution in [0.15, 0.2) is 28.9 Å². The molecule has 2 aromatic rings. The first-order valence-electron chi connectivity index (χ1n) is 6.65. The molecule has 3 N–H and O–H groups in total. The van der Waals surface area contributed by atoms with Crippen molar-refractivity contribution < 1.29 is 4.74 Å². The second kappa shape index (κ2) is 6.41. The van der Waals surface area contributed by atoms with Gasteiger partial charge in [-0.3, -0.25) is 0 Å². The van der Waals surface area contributed by atoms with Gasteiger partial charge in [-0.2, -0.15) is 0 Å². The van der Waals surface area contributed by atoms with Crippen molar-refractivity contribution in [1.29, 1.82) is 0 Å². The van der Waals surface area contributed by atoms with E-state index in [9.17, 15) is 0 Å². The van der Waals surface area contributed by atoms with Crippen molar-refractivity contribution in [2.45, 2.75) is 19.8 Å². The molecule has 1 atom stereocenters. The lowest BCUT2D eigenvalue weighted by Gasteiger charge is -2.16. The lowest BCUT2D eigenvalue weighted by Crippen LogP contribution is -2.19. The molecule has 0 amide bonds. The number of ether oxygens (including phenoxy) is 1. The molecule has 0 bridgehead atoms. The Bertz CT molecular complexity index is 580. The largest absolute Gasteiger partial charge is 0.496 e. The Labute approximate surface area is 127 Å². The van der Waals surface area contributed by atoms with Gasteiger partial charge in [-0.25, -0.2) is 4.98 Å². The third kappa shape index (κ3) is 3.04. The number of hydrogen-bond donors (Lipinski definition) is 2. The highest BCUT2D eigenvalue weighted by Gasteiger charge is 2.18. The van der Waals surface area contributed by atoms with Gasteiger partial charge in [-0.15, -0.1) is 0 Å². The van der Waals surface area contributed by atoms with Gasteiger partial charge in [0.15, 0.2) is 0 Å². The molecule has 0 saturated heterocycles. The third-order valence-corrected chi connectivity index (χ3v) is 3.95. The van der Waals surface area contributed by atoms with Gasteiger partial charge >= 0.3 is 0 Å². The molecule has 1 aromatic carbocycles. The van der Waals surface area contributed by atoms with Gasteiger partial charge in [0, 0.05) is 22.5 Å². The van der Waals surface area contributed by atoms with Gasteiger partial charge in [0.25, 0.3) is 0 Å². The van der Waals surface area contributed by atoms with Crippen LogP contribution in [0.5, 0.6) is 5.75 Å². The maximum Gasteiger partial charge on any atom is 0.128 e. The first-order chi connectivity index (χ1) is 9.56. The van der Waals surface area contributed by atoms with Crippen molar-refractivity contribution in [3.8, 4) is 17.0 Å². The molecule has 0 fully saturated rings. The molecule has 0 aliphatic rings. The number of methoxy groups -OCH3 is 1. The Hall–Kier alpha value is -1.33. The SMILES string of the molecule is COc1ccc(Br)cc1-c1cnc(C(CN)C(C)C)[nH]1. The summed E-state index contributed by atoms with van der Waals surface area (Å²) in [7, 11) is 1.67. The van der Waals surface area contributed by atoms with E-state index in [0.717, 1.165) is 27.3 Å². The summed E-state index contributed by atoms with van der Waals surface area (Å²) in [6.07, 6.45) is 1.84. The molecule has 0 saturated carbocycles. The molecule has 0 aliphatic carbocycles. The zero-order valence-corrected chi connectivity index (χ0v) is 13.6. The summed E-state index contributed by atoms with van der Waals surface area (Å²) in [4.78, 5) is 7.86. The Morgan fingerprint density at radius 2 is 2.15 bits per heavy atom. The molecule has 0 aliphatic heterocycles. The second-order valence-corrected chi connectivity index (χ2v) is 6.03. The van der Waals surface area contributed by atoms with Gasteiger partial charge < -0.3 is 15.5 Å². The van der Waals surface area contributed by atoms with E-state index in [1.807, 2.05) is 24.4 Å². The molecule has 1 unspecified atom stereocenters. The monoisotopic (exact) mass is 337 g/mol. The average molecular weight is 338 g/mol. The number of benzene rings is 1. The highest BCUT2D eigenvalue weighted by atomic mass is 79.9. The molecular weight excluding hydrogens is 318 g/mol. The number of nitrogens with zero attached hydrogens (tertiary/aromatic N) is 1. The van der Waals surface area contributed by atoms with E-state index in [1.165, 1.54) is 0 Å². The lowest BCUT2D eigenvalue weighted by atomic mass is 9.95. The fourth-order valence-corrected chi connectivity index (χ4v) is 2.61. The number of hydrogen-bond acceptors (Lipinski definition) is 3. The number of nitrogens with two attached hydrogens (primary N) is 1. The molecule has 0 radical (unpaired) electrons. The van der Waals surface area contributed by atoms with E-state index >= 15 is 0 Å². The van der Waals surface area contributed by atoms with Crippen LogP contribution >= 0.6 is 15.9 Å². The summed E-state index contributed by atoms with van der Waals surface area (Å²) >= 11 is 3.49. The maximum absolute atomic E-state index is 5.84. The highest BCUT2D eigenvalue weighted by Crippen LogP contribution is 2.32. The van der Waals surface area contributed by atoms with Crippen LogP contribution in [0, 0.1) is 5.92 Å². The number of halogens is 1. The number of aromatic nitrogens is 2. The molecule has 0 spiro atoms. The molecule has 4 nitrogen and oxygen atoms in total. The van der Waals surface area contributed by atoms with Crippen LogP contribution in [0.1, 0.15) is 25.6 Å². The highest BCUT2D eigenvalue weighted by molar-refractivity contribution is 9.10. The normalized spacial score (nSPS) is 12.7. The summed E-state index contributed by atoms with van der Waals surface area (Å²) in [5.74, 6) is 2.43. The van der Waals surface area contributed by atoms with Crippen molar-refractivity contribution in [2.75, 3.05) is 13.7 Å². The van der Waals surface area contributed by atoms with E-state index in [2.05, 4.69) is 39.7 Å². The number of rotatable bonds is 5. The van der Waals surface area contributed by atoms with E-state index in [4.69, 9.17) is 10.5 Å². The van der Waals surface area contributed by atoms with Crippen LogP contribution in [0.2, 0.25) is 0 Å². The fourth-order valence-electron chi connectivity index (χ4n) is 2.25. The van der Waals surface area contributed by atoms with Gasteiger partial charge in [0.05, 0.1) is 19.0 Å². The maximum atomic E-state index is 5.84. The quantitative estimate of drug-likeness (QED) is 0.876. The number of imidazole rings is 1. The molecule has 2 rings (SSSR count). The molecule has 1 aromatic heterocycles. The van der Waals surface area contributed by atoms with Crippen molar-refractivity contribution in [2.24, 2.45) is 11.7 Å². The summed E-state index contributed by atoms with van der Waals surface area (Å²) in [6.45, 7) is 4.89. The smallest absolute Gasteiger partial charge is 0.128 e. The zero-order valence-electron chi connectivity index (χ0n) is 12.0. The Kier molecular flexibility index (Phi) is 4.83. The van der Waals surface area contributed by atoms with Crippen LogP contribution in [-0.2, 0) is 0 Å².